The van der Waals surface area contributed by atoms with Crippen molar-refractivity contribution in [1.82, 2.24) is 20.1 Å². The lowest BCUT2D eigenvalue weighted by molar-refractivity contribution is 0.106. The maximum atomic E-state index is 12.8. The number of hydrogen-bond acceptors (Lipinski definition) is 7. The van der Waals surface area contributed by atoms with Crippen molar-refractivity contribution in [2.45, 2.75) is 30.8 Å². The van der Waals surface area contributed by atoms with Gasteiger partial charge in [-0.1, -0.05) is 5.16 Å². The summed E-state index contributed by atoms with van der Waals surface area (Å²) < 4.78 is 38.8. The van der Waals surface area contributed by atoms with Crippen LogP contribution in [0.4, 0.5) is 5.69 Å². The van der Waals surface area contributed by atoms with Gasteiger partial charge in [0.15, 0.2) is 0 Å². The van der Waals surface area contributed by atoms with E-state index in [4.69, 9.17) is 9.26 Å². The molecular weight excluding hydrogens is 382 g/mol. The van der Waals surface area contributed by atoms with E-state index >= 15 is 0 Å². The Morgan fingerprint density at radius 3 is 3.00 bits per heavy atom. The molecular formula is C18H17N5O4S. The van der Waals surface area contributed by atoms with Gasteiger partial charge in [0.1, 0.15) is 16.8 Å². The van der Waals surface area contributed by atoms with Crippen LogP contribution in [0.2, 0.25) is 0 Å². The fourth-order valence-electron chi connectivity index (χ4n) is 3.33. The van der Waals surface area contributed by atoms with Crippen molar-refractivity contribution >= 4 is 37.8 Å². The molecule has 3 aromatic heterocycles. The number of imidazole rings is 1. The number of aryl methyl sites for hydroxylation is 1. The molecule has 1 aliphatic rings. The minimum Gasteiger partial charge on any atom is -0.370 e. The molecule has 4 heterocycles. The fraction of sp³-hybridized carbons (Fsp3) is 0.278. The molecule has 10 heteroatoms. The van der Waals surface area contributed by atoms with E-state index < -0.39 is 10.0 Å². The molecule has 0 aliphatic carbocycles. The highest BCUT2D eigenvalue weighted by atomic mass is 32.2. The molecule has 0 amide bonds. The fourth-order valence-corrected chi connectivity index (χ4v) is 4.35. The number of hydrogen-bond donors (Lipinski definition) is 2. The number of sulfonamides is 1. The van der Waals surface area contributed by atoms with E-state index in [0.717, 1.165) is 36.3 Å². The van der Waals surface area contributed by atoms with Crippen LogP contribution in [-0.2, 0) is 14.8 Å². The van der Waals surface area contributed by atoms with Gasteiger partial charge in [0.05, 0.1) is 34.0 Å². The highest BCUT2D eigenvalue weighted by Crippen LogP contribution is 2.29. The van der Waals surface area contributed by atoms with Crippen molar-refractivity contribution in [2.75, 3.05) is 11.3 Å². The van der Waals surface area contributed by atoms with Gasteiger partial charge in [-0.2, -0.15) is 0 Å². The average molecular weight is 399 g/mol. The number of fused-ring (bicyclic) bond motifs is 2. The second kappa shape index (κ2) is 6.28. The molecule has 5 rings (SSSR count). The van der Waals surface area contributed by atoms with Crippen LogP contribution in [0, 0.1) is 6.92 Å². The number of rotatable bonds is 4. The number of nitrogens with one attached hydrogen (secondary N) is 2. The molecule has 1 atom stereocenters. The number of nitrogens with zero attached hydrogens (tertiary/aromatic N) is 3. The molecule has 1 aliphatic heterocycles. The Kier molecular flexibility index (Phi) is 3.84. The molecule has 1 unspecified atom stereocenters. The van der Waals surface area contributed by atoms with Crippen LogP contribution in [0.5, 0.6) is 0 Å². The summed E-state index contributed by atoms with van der Waals surface area (Å²) in [5, 5.41) is 4.36. The highest BCUT2D eigenvalue weighted by Gasteiger charge is 2.22. The quantitative estimate of drug-likeness (QED) is 0.540. The van der Waals surface area contributed by atoms with Crippen molar-refractivity contribution in [2.24, 2.45) is 0 Å². The molecule has 1 aromatic carbocycles. The Balaban J connectivity index is 1.46. The molecule has 4 aromatic rings. The van der Waals surface area contributed by atoms with Gasteiger partial charge in [0.25, 0.3) is 15.7 Å². The summed E-state index contributed by atoms with van der Waals surface area (Å²) in [4.78, 5) is 11.8. The lowest BCUT2D eigenvalue weighted by atomic mass is 10.2. The topological polar surface area (TPSA) is 123 Å². The summed E-state index contributed by atoms with van der Waals surface area (Å²) in [5.41, 5.74) is 2.82. The van der Waals surface area contributed by atoms with Crippen LogP contribution in [0.25, 0.3) is 22.1 Å². The zero-order valence-electron chi connectivity index (χ0n) is 15.0. The Bertz CT molecular complexity index is 1290. The minimum atomic E-state index is -3.82. The third kappa shape index (κ3) is 2.90. The zero-order valence-corrected chi connectivity index (χ0v) is 15.8. The predicted molar refractivity (Wildman–Crippen MR) is 101 cm³/mol. The summed E-state index contributed by atoms with van der Waals surface area (Å²) >= 11 is 0. The van der Waals surface area contributed by atoms with Gasteiger partial charge in [-0.15, -0.1) is 0 Å². The molecule has 0 saturated carbocycles. The largest absolute Gasteiger partial charge is 0.370 e. The third-order valence-corrected chi connectivity index (χ3v) is 6.13. The maximum Gasteiger partial charge on any atom is 0.263 e. The molecule has 1 saturated heterocycles. The van der Waals surface area contributed by atoms with Crippen molar-refractivity contribution in [3.8, 4) is 0 Å². The number of H-pyrrole nitrogens is 1. The average Bonchev–Trinajstić information content (AvgIpc) is 3.40. The van der Waals surface area contributed by atoms with E-state index in [1.54, 1.807) is 25.1 Å². The SMILES string of the molecule is Cc1noc2ncc(S(=O)(=O)Nc3ccc4nc(C5CCCO5)[nH]c4c3)cc12. The Hall–Kier alpha value is -2.98. The van der Waals surface area contributed by atoms with E-state index in [9.17, 15) is 8.42 Å². The number of anilines is 1. The van der Waals surface area contributed by atoms with Crippen LogP contribution >= 0.6 is 0 Å². The lowest BCUT2D eigenvalue weighted by Gasteiger charge is -2.07. The first-order valence-electron chi connectivity index (χ1n) is 8.86. The first kappa shape index (κ1) is 17.1. The van der Waals surface area contributed by atoms with Gasteiger partial charge < -0.3 is 14.2 Å². The first-order chi connectivity index (χ1) is 13.5. The van der Waals surface area contributed by atoms with E-state index in [-0.39, 0.29) is 11.0 Å². The van der Waals surface area contributed by atoms with Gasteiger partial charge >= 0.3 is 0 Å². The molecule has 28 heavy (non-hydrogen) atoms. The number of pyridine rings is 1. The molecule has 0 bridgehead atoms. The standard InChI is InChI=1S/C18H17N5O4S/c1-10-13-8-12(9-19-18(13)27-22-10)28(24,25)23-11-4-5-14-15(7-11)21-17(20-14)16-3-2-6-26-16/h4-5,7-9,16,23H,2-3,6H2,1H3,(H,20,21). The summed E-state index contributed by atoms with van der Waals surface area (Å²) in [7, 11) is -3.82. The zero-order chi connectivity index (χ0) is 19.3. The second-order valence-corrected chi connectivity index (χ2v) is 8.44. The summed E-state index contributed by atoms with van der Waals surface area (Å²) in [6.07, 6.45) is 3.16. The molecule has 9 nitrogen and oxygen atoms in total. The number of aromatic amines is 1. The van der Waals surface area contributed by atoms with Gasteiger partial charge in [0.2, 0.25) is 0 Å². The van der Waals surface area contributed by atoms with Crippen LogP contribution in [0.15, 0.2) is 39.9 Å². The molecule has 144 valence electrons. The van der Waals surface area contributed by atoms with Crippen molar-refractivity contribution in [3.05, 3.63) is 42.0 Å². The van der Waals surface area contributed by atoms with Crippen LogP contribution < -0.4 is 4.72 Å². The molecule has 1 fully saturated rings. The van der Waals surface area contributed by atoms with E-state index in [2.05, 4.69) is 24.8 Å². The van der Waals surface area contributed by atoms with Crippen LogP contribution in [-0.4, -0.2) is 35.1 Å². The maximum absolute atomic E-state index is 12.8. The second-order valence-electron chi connectivity index (χ2n) is 6.75. The third-order valence-electron chi connectivity index (χ3n) is 4.78. The van der Waals surface area contributed by atoms with Gasteiger partial charge in [0, 0.05) is 6.61 Å². The normalized spacial score (nSPS) is 17.5. The molecule has 2 N–H and O–H groups in total. The van der Waals surface area contributed by atoms with Crippen LogP contribution in [0.3, 0.4) is 0 Å². The Labute approximate surface area is 160 Å². The van der Waals surface area contributed by atoms with E-state index in [1.807, 2.05) is 0 Å². The van der Waals surface area contributed by atoms with Crippen molar-refractivity contribution < 1.29 is 17.7 Å². The van der Waals surface area contributed by atoms with E-state index in [0.29, 0.717) is 22.5 Å². The number of aromatic nitrogens is 4. The molecule has 0 radical (unpaired) electrons. The van der Waals surface area contributed by atoms with Crippen LogP contribution in [0.1, 0.15) is 30.5 Å². The highest BCUT2D eigenvalue weighted by molar-refractivity contribution is 7.92. The first-order valence-corrected chi connectivity index (χ1v) is 10.3. The lowest BCUT2D eigenvalue weighted by Crippen LogP contribution is -2.13. The van der Waals surface area contributed by atoms with Gasteiger partial charge in [-0.3, -0.25) is 4.72 Å². The van der Waals surface area contributed by atoms with E-state index in [1.165, 1.54) is 12.3 Å². The summed E-state index contributed by atoms with van der Waals surface area (Å²) in [6.45, 7) is 2.46. The number of ether oxygens (including phenoxy) is 1. The van der Waals surface area contributed by atoms with Crippen molar-refractivity contribution in [3.63, 3.8) is 0 Å². The Morgan fingerprint density at radius 2 is 2.18 bits per heavy atom. The minimum absolute atomic E-state index is 0.0304. The Morgan fingerprint density at radius 1 is 1.29 bits per heavy atom. The molecule has 0 spiro atoms. The van der Waals surface area contributed by atoms with Crippen molar-refractivity contribution in [1.29, 1.82) is 0 Å². The summed E-state index contributed by atoms with van der Waals surface area (Å²) in [5.74, 6) is 0.769. The summed E-state index contributed by atoms with van der Waals surface area (Å²) in [6, 6.07) is 6.67. The number of benzene rings is 1. The monoisotopic (exact) mass is 399 g/mol. The van der Waals surface area contributed by atoms with Gasteiger partial charge in [-0.05, 0) is 44.0 Å². The van der Waals surface area contributed by atoms with Gasteiger partial charge in [-0.25, -0.2) is 18.4 Å². The smallest absolute Gasteiger partial charge is 0.263 e. The predicted octanol–water partition coefficient (Wildman–Crippen LogP) is 3.06.